The maximum atomic E-state index is 9.11. The molecule has 0 N–H and O–H groups in total. The van der Waals surface area contributed by atoms with Crippen LogP contribution in [-0.4, -0.2) is 23.6 Å². The van der Waals surface area contributed by atoms with Gasteiger partial charge in [0, 0.05) is 6.54 Å². The van der Waals surface area contributed by atoms with Gasteiger partial charge in [-0.2, -0.15) is 0 Å². The third kappa shape index (κ3) is 9.51. The van der Waals surface area contributed by atoms with Crippen molar-refractivity contribution in [1.82, 2.24) is 0 Å². The van der Waals surface area contributed by atoms with Crippen LogP contribution >= 0.6 is 0 Å². The highest BCUT2D eigenvalue weighted by molar-refractivity contribution is 5.75. The van der Waals surface area contributed by atoms with Crippen molar-refractivity contribution in [3.63, 3.8) is 0 Å². The van der Waals surface area contributed by atoms with E-state index in [2.05, 4.69) is 4.99 Å². The van der Waals surface area contributed by atoms with Crippen LogP contribution in [0.25, 0.3) is 0 Å². The molecule has 0 aliphatic heterocycles. The molecule has 0 atom stereocenters. The molecular formula is C3H9NOSi. The van der Waals surface area contributed by atoms with E-state index in [9.17, 15) is 0 Å². The molecule has 0 heterocycles. The summed E-state index contributed by atoms with van der Waals surface area (Å²) in [7, 11) is 0. The van der Waals surface area contributed by atoms with Crippen LogP contribution in [0.3, 0.4) is 0 Å². The van der Waals surface area contributed by atoms with Crippen molar-refractivity contribution in [2.45, 2.75) is 6.92 Å². The zero-order chi connectivity index (χ0) is 4.12. The zero-order valence-electron chi connectivity index (χ0n) is 3.06. The van der Waals surface area contributed by atoms with E-state index in [0.717, 1.165) is 0 Å². The number of carbonyl (C=O) groups excluding carboxylic acids is 1. The van der Waals surface area contributed by atoms with E-state index in [0.29, 0.717) is 6.54 Å². The predicted octanol–water partition coefficient (Wildman–Crippen LogP) is -1.11. The average molecular weight is 103 g/mol. The molecule has 0 aliphatic rings. The molecule has 6 heavy (non-hydrogen) atoms. The molecule has 0 unspecified atom stereocenters. The van der Waals surface area contributed by atoms with Gasteiger partial charge in [-0.15, -0.1) is 0 Å². The Hall–Kier alpha value is -0.403. The molecule has 0 fully saturated rings. The zero-order valence-corrected chi connectivity index (χ0v) is 3.06. The van der Waals surface area contributed by atoms with Gasteiger partial charge >= 0.3 is 0 Å². The maximum absolute atomic E-state index is 9.11. The summed E-state index contributed by atoms with van der Waals surface area (Å²) in [5.41, 5.74) is 0. The first-order valence-corrected chi connectivity index (χ1v) is 1.45. The van der Waals surface area contributed by atoms with E-state index in [1.54, 1.807) is 6.92 Å². The first kappa shape index (κ1) is 9.14. The quantitative estimate of drug-likeness (QED) is 0.235. The van der Waals surface area contributed by atoms with E-state index >= 15 is 0 Å². The second-order valence-electron chi connectivity index (χ2n) is 0.566. The minimum absolute atomic E-state index is 0. The lowest BCUT2D eigenvalue weighted by Crippen LogP contribution is -1.58. The highest BCUT2D eigenvalue weighted by Gasteiger charge is 1.52. The van der Waals surface area contributed by atoms with Crippen molar-refractivity contribution in [3.8, 4) is 0 Å². The van der Waals surface area contributed by atoms with E-state index in [-0.39, 0.29) is 11.0 Å². The summed E-state index contributed by atoms with van der Waals surface area (Å²) >= 11 is 0. The fourth-order valence-corrected chi connectivity index (χ4v) is 0.0645. The number of isocyanates is 1. The van der Waals surface area contributed by atoms with Gasteiger partial charge in [-0.05, 0) is 17.9 Å². The van der Waals surface area contributed by atoms with E-state index < -0.39 is 0 Å². The van der Waals surface area contributed by atoms with Crippen LogP contribution in [-0.2, 0) is 4.79 Å². The Kier molecular flexibility index (Phi) is 13.4. The first-order chi connectivity index (χ1) is 2.41. The van der Waals surface area contributed by atoms with Crippen LogP contribution in [0, 0.1) is 0 Å². The minimum atomic E-state index is 0. The summed E-state index contributed by atoms with van der Waals surface area (Å²) in [5, 5.41) is 0. The Morgan fingerprint density at radius 1 is 1.83 bits per heavy atom. The van der Waals surface area contributed by atoms with Crippen LogP contribution < -0.4 is 0 Å². The highest BCUT2D eigenvalue weighted by atomic mass is 28.1. The van der Waals surface area contributed by atoms with Crippen LogP contribution in [0.1, 0.15) is 6.92 Å². The number of hydrogen-bond donors (Lipinski definition) is 0. The van der Waals surface area contributed by atoms with Gasteiger partial charge in [0.2, 0.25) is 6.08 Å². The molecule has 0 aromatic carbocycles. The highest BCUT2D eigenvalue weighted by Crippen LogP contribution is 1.52. The number of nitrogens with zero attached hydrogens (tertiary/aromatic N) is 1. The first-order valence-electron chi connectivity index (χ1n) is 1.45. The molecule has 0 aromatic rings. The average Bonchev–Trinajstić information content (AvgIpc) is 1.41. The van der Waals surface area contributed by atoms with Crippen LogP contribution in [0.15, 0.2) is 4.99 Å². The molecule has 0 radical (unpaired) electrons. The third-order valence-corrected chi connectivity index (χ3v) is 0.223. The Balaban J connectivity index is 0. The van der Waals surface area contributed by atoms with Crippen molar-refractivity contribution in [2.24, 2.45) is 4.99 Å². The molecule has 0 aliphatic carbocycles. The van der Waals surface area contributed by atoms with Crippen LogP contribution in [0.5, 0.6) is 0 Å². The maximum Gasteiger partial charge on any atom is 0.234 e. The lowest BCUT2D eigenvalue weighted by molar-refractivity contribution is 0.563. The predicted molar refractivity (Wildman–Crippen MR) is 30.0 cm³/mol. The lowest BCUT2D eigenvalue weighted by Gasteiger charge is -1.58. The normalized spacial score (nSPS) is 4.83. The number of rotatable bonds is 1. The molecule has 0 bridgehead atoms. The fraction of sp³-hybridized carbons (Fsp3) is 0.667. The summed E-state index contributed by atoms with van der Waals surface area (Å²) in [6.07, 6.45) is 1.39. The van der Waals surface area contributed by atoms with E-state index in [1.807, 2.05) is 0 Å². The summed E-state index contributed by atoms with van der Waals surface area (Å²) in [6, 6.07) is 0. The van der Waals surface area contributed by atoms with E-state index in [4.69, 9.17) is 4.79 Å². The topological polar surface area (TPSA) is 29.4 Å². The molecular weight excluding hydrogens is 94.1 g/mol. The summed E-state index contributed by atoms with van der Waals surface area (Å²) in [6.45, 7) is 2.33. The van der Waals surface area contributed by atoms with Crippen molar-refractivity contribution in [1.29, 1.82) is 0 Å². The number of hydrogen-bond acceptors (Lipinski definition) is 2. The summed E-state index contributed by atoms with van der Waals surface area (Å²) in [4.78, 5) is 12.3. The standard InChI is InChI=1S/C3H5NO.H4Si/c1-2-4-3-5;/h2H2,1H3;1H4. The van der Waals surface area contributed by atoms with Gasteiger partial charge in [-0.25, -0.2) is 9.79 Å². The number of aliphatic imine (C=N–C) groups is 1. The van der Waals surface area contributed by atoms with Crippen LogP contribution in [0.2, 0.25) is 0 Å². The molecule has 0 rings (SSSR count). The molecule has 0 saturated heterocycles. The minimum Gasteiger partial charge on any atom is -0.211 e. The van der Waals surface area contributed by atoms with Gasteiger partial charge in [-0.3, -0.25) is 0 Å². The smallest absolute Gasteiger partial charge is 0.211 e. The Bertz CT molecular complexity index is 57.8. The third-order valence-electron chi connectivity index (χ3n) is 0.223. The van der Waals surface area contributed by atoms with Gasteiger partial charge < -0.3 is 0 Å². The summed E-state index contributed by atoms with van der Waals surface area (Å²) < 4.78 is 0. The second kappa shape index (κ2) is 8.82. The Morgan fingerprint density at radius 2 is 2.33 bits per heavy atom. The van der Waals surface area contributed by atoms with Gasteiger partial charge in [0.15, 0.2) is 0 Å². The van der Waals surface area contributed by atoms with Crippen molar-refractivity contribution in [3.05, 3.63) is 0 Å². The SMILES string of the molecule is CCN=C=O.[SiH4]. The second-order valence-corrected chi connectivity index (χ2v) is 0.566. The molecule has 0 amide bonds. The molecule has 2 nitrogen and oxygen atoms in total. The Labute approximate surface area is 41.3 Å². The van der Waals surface area contributed by atoms with Crippen LogP contribution in [0.4, 0.5) is 0 Å². The largest absolute Gasteiger partial charge is 0.234 e. The van der Waals surface area contributed by atoms with E-state index in [1.165, 1.54) is 6.08 Å². The van der Waals surface area contributed by atoms with Gasteiger partial charge in [0.25, 0.3) is 0 Å². The van der Waals surface area contributed by atoms with Gasteiger partial charge in [0.1, 0.15) is 0 Å². The van der Waals surface area contributed by atoms with Gasteiger partial charge in [0.05, 0.1) is 0 Å². The summed E-state index contributed by atoms with van der Waals surface area (Å²) in [5.74, 6) is 0. The Morgan fingerprint density at radius 3 is 2.33 bits per heavy atom. The van der Waals surface area contributed by atoms with Gasteiger partial charge in [-0.1, -0.05) is 0 Å². The molecule has 0 saturated carbocycles. The van der Waals surface area contributed by atoms with Crippen molar-refractivity contribution in [2.75, 3.05) is 6.54 Å². The lowest BCUT2D eigenvalue weighted by atomic mass is 10.8. The molecule has 0 aromatic heterocycles. The molecule has 0 spiro atoms. The molecule has 3 heteroatoms. The van der Waals surface area contributed by atoms with Crippen molar-refractivity contribution >= 4 is 17.0 Å². The molecule has 36 valence electrons. The fourth-order valence-electron chi connectivity index (χ4n) is 0.0645. The monoisotopic (exact) mass is 103 g/mol. The van der Waals surface area contributed by atoms with Crippen molar-refractivity contribution < 1.29 is 4.79 Å².